The van der Waals surface area contributed by atoms with Gasteiger partial charge in [0.1, 0.15) is 0 Å². The van der Waals surface area contributed by atoms with Gasteiger partial charge in [-0.3, -0.25) is 4.79 Å². The molecule has 0 radical (unpaired) electrons. The maximum Gasteiger partial charge on any atom is 0.251 e. The third kappa shape index (κ3) is 0.695. The quantitative estimate of drug-likeness (QED) is 0.501. The number of rotatable bonds is 0. The minimum Gasteiger partial charge on any atom is -0.308 e. The molecule has 0 aromatic heterocycles. The Labute approximate surface area is 64.2 Å². The number of hydrogen-bond acceptors (Lipinski definition) is 2. The summed E-state index contributed by atoms with van der Waals surface area (Å²) in [6.45, 7) is 0.671. The third-order valence-electron chi connectivity index (χ3n) is 1.97. The summed E-state index contributed by atoms with van der Waals surface area (Å²) in [4.78, 5) is 12.7. The smallest absolute Gasteiger partial charge is 0.251 e. The van der Waals surface area contributed by atoms with E-state index in [1.54, 1.807) is 11.0 Å². The van der Waals surface area contributed by atoms with E-state index in [1.807, 2.05) is 0 Å². The zero-order valence-corrected chi connectivity index (χ0v) is 5.87. The second-order valence-corrected chi connectivity index (χ2v) is 2.55. The van der Waals surface area contributed by atoms with E-state index in [1.165, 1.54) is 6.08 Å². The summed E-state index contributed by atoms with van der Waals surface area (Å²) in [5.74, 6) is 0.00486. The van der Waals surface area contributed by atoms with Crippen LogP contribution in [0, 0.1) is 11.3 Å². The van der Waals surface area contributed by atoms with Crippen molar-refractivity contribution in [3.05, 3.63) is 23.4 Å². The SMILES string of the molecule is N#CC1=C2C=CC(=O)N2CC1. The predicted octanol–water partition coefficient (Wildman–Crippen LogP) is 0.566. The monoisotopic (exact) mass is 146 g/mol. The number of amides is 1. The molecule has 0 spiro atoms. The first-order valence-corrected chi connectivity index (χ1v) is 3.46. The van der Waals surface area contributed by atoms with Gasteiger partial charge >= 0.3 is 0 Å². The molecular formula is C8H6N2O. The average Bonchev–Trinajstić information content (AvgIpc) is 2.53. The van der Waals surface area contributed by atoms with E-state index in [-0.39, 0.29) is 5.91 Å². The van der Waals surface area contributed by atoms with Gasteiger partial charge in [-0.1, -0.05) is 0 Å². The average molecular weight is 146 g/mol. The molecule has 2 rings (SSSR count). The summed E-state index contributed by atoms with van der Waals surface area (Å²) in [7, 11) is 0. The van der Waals surface area contributed by atoms with Crippen LogP contribution in [0.3, 0.4) is 0 Å². The largest absolute Gasteiger partial charge is 0.308 e. The van der Waals surface area contributed by atoms with Crippen molar-refractivity contribution in [2.75, 3.05) is 6.54 Å². The molecule has 0 atom stereocenters. The highest BCUT2D eigenvalue weighted by molar-refractivity contribution is 5.94. The second kappa shape index (κ2) is 1.96. The van der Waals surface area contributed by atoms with E-state index in [0.717, 1.165) is 11.3 Å². The second-order valence-electron chi connectivity index (χ2n) is 2.55. The Morgan fingerprint density at radius 2 is 2.36 bits per heavy atom. The fraction of sp³-hybridized carbons (Fsp3) is 0.250. The fourth-order valence-electron chi connectivity index (χ4n) is 1.41. The lowest BCUT2D eigenvalue weighted by Crippen LogP contribution is -2.20. The van der Waals surface area contributed by atoms with Crippen molar-refractivity contribution in [2.45, 2.75) is 6.42 Å². The first-order chi connectivity index (χ1) is 5.33. The Kier molecular flexibility index (Phi) is 1.10. The number of allylic oxidation sites excluding steroid dienone is 1. The molecule has 0 saturated carbocycles. The molecule has 3 nitrogen and oxygen atoms in total. The van der Waals surface area contributed by atoms with E-state index in [2.05, 4.69) is 6.07 Å². The summed E-state index contributed by atoms with van der Waals surface area (Å²) in [5, 5.41) is 8.62. The van der Waals surface area contributed by atoms with Crippen LogP contribution >= 0.6 is 0 Å². The number of carbonyl (C=O) groups excluding carboxylic acids is 1. The number of nitrogens with zero attached hydrogens (tertiary/aromatic N) is 2. The van der Waals surface area contributed by atoms with Crippen LogP contribution in [0.2, 0.25) is 0 Å². The maximum absolute atomic E-state index is 11.0. The lowest BCUT2D eigenvalue weighted by molar-refractivity contribution is -0.122. The molecule has 54 valence electrons. The summed E-state index contributed by atoms with van der Waals surface area (Å²) in [6, 6.07) is 2.09. The Bertz CT molecular complexity index is 319. The van der Waals surface area contributed by atoms with Crippen molar-refractivity contribution in [1.29, 1.82) is 5.26 Å². The minimum atomic E-state index is 0.00486. The zero-order valence-electron chi connectivity index (χ0n) is 5.87. The number of fused-ring (bicyclic) bond motifs is 1. The number of nitriles is 1. The first-order valence-electron chi connectivity index (χ1n) is 3.46. The Morgan fingerprint density at radius 1 is 1.55 bits per heavy atom. The molecule has 0 aliphatic carbocycles. The van der Waals surface area contributed by atoms with Crippen LogP contribution < -0.4 is 0 Å². The Morgan fingerprint density at radius 3 is 3.09 bits per heavy atom. The van der Waals surface area contributed by atoms with Gasteiger partial charge < -0.3 is 4.90 Å². The molecule has 0 aromatic rings. The van der Waals surface area contributed by atoms with Crippen LogP contribution in [0.5, 0.6) is 0 Å². The highest BCUT2D eigenvalue weighted by Gasteiger charge is 2.28. The van der Waals surface area contributed by atoms with Crippen molar-refractivity contribution in [3.8, 4) is 6.07 Å². The number of carbonyl (C=O) groups is 1. The third-order valence-corrected chi connectivity index (χ3v) is 1.97. The van der Waals surface area contributed by atoms with Crippen LogP contribution in [0.1, 0.15) is 6.42 Å². The van der Waals surface area contributed by atoms with E-state index in [9.17, 15) is 4.79 Å². The van der Waals surface area contributed by atoms with Crippen molar-refractivity contribution < 1.29 is 4.79 Å². The van der Waals surface area contributed by atoms with Gasteiger partial charge in [0, 0.05) is 19.0 Å². The van der Waals surface area contributed by atoms with E-state index in [0.29, 0.717) is 13.0 Å². The molecule has 1 amide bonds. The molecule has 2 aliphatic rings. The molecule has 0 fully saturated rings. The summed E-state index contributed by atoms with van der Waals surface area (Å²) >= 11 is 0. The Balaban J connectivity index is 2.46. The van der Waals surface area contributed by atoms with E-state index < -0.39 is 0 Å². The highest BCUT2D eigenvalue weighted by atomic mass is 16.2. The van der Waals surface area contributed by atoms with Gasteiger partial charge in [0.15, 0.2) is 0 Å². The molecule has 0 unspecified atom stereocenters. The van der Waals surface area contributed by atoms with Crippen molar-refractivity contribution >= 4 is 5.91 Å². The van der Waals surface area contributed by atoms with Gasteiger partial charge in [0.05, 0.1) is 17.3 Å². The van der Waals surface area contributed by atoms with Crippen LogP contribution in [-0.4, -0.2) is 17.4 Å². The molecule has 2 heterocycles. The first kappa shape index (κ1) is 6.17. The molecule has 0 bridgehead atoms. The summed E-state index contributed by atoms with van der Waals surface area (Å²) in [6.07, 6.45) is 3.93. The molecule has 11 heavy (non-hydrogen) atoms. The lowest BCUT2D eigenvalue weighted by atomic mass is 10.2. The topological polar surface area (TPSA) is 44.1 Å². The maximum atomic E-state index is 11.0. The molecule has 3 heteroatoms. The standard InChI is InChI=1S/C8H6N2O/c9-5-6-3-4-10-7(6)1-2-8(10)11/h1-2H,3-4H2. The minimum absolute atomic E-state index is 0.00486. The van der Waals surface area contributed by atoms with Gasteiger partial charge in [-0.15, -0.1) is 0 Å². The van der Waals surface area contributed by atoms with E-state index in [4.69, 9.17) is 5.26 Å². The molecular weight excluding hydrogens is 140 g/mol. The van der Waals surface area contributed by atoms with Crippen LogP contribution in [0.25, 0.3) is 0 Å². The van der Waals surface area contributed by atoms with Gasteiger partial charge in [0.2, 0.25) is 0 Å². The Hall–Kier alpha value is -1.56. The summed E-state index contributed by atoms with van der Waals surface area (Å²) in [5.41, 5.74) is 1.53. The van der Waals surface area contributed by atoms with Gasteiger partial charge in [-0.25, -0.2) is 0 Å². The predicted molar refractivity (Wildman–Crippen MR) is 38.1 cm³/mol. The van der Waals surface area contributed by atoms with Gasteiger partial charge in [0.25, 0.3) is 5.91 Å². The number of hydrogen-bond donors (Lipinski definition) is 0. The van der Waals surface area contributed by atoms with Crippen LogP contribution in [0.15, 0.2) is 23.4 Å². The molecule has 0 aromatic carbocycles. The van der Waals surface area contributed by atoms with Crippen molar-refractivity contribution in [1.82, 2.24) is 4.90 Å². The zero-order chi connectivity index (χ0) is 7.84. The van der Waals surface area contributed by atoms with Crippen molar-refractivity contribution in [3.63, 3.8) is 0 Å². The van der Waals surface area contributed by atoms with Gasteiger partial charge in [-0.05, 0) is 6.08 Å². The normalized spacial score (nSPS) is 21.0. The summed E-state index contributed by atoms with van der Waals surface area (Å²) < 4.78 is 0. The highest BCUT2D eigenvalue weighted by Crippen LogP contribution is 2.27. The molecule has 0 saturated heterocycles. The molecule has 0 N–H and O–H groups in total. The van der Waals surface area contributed by atoms with E-state index >= 15 is 0 Å². The van der Waals surface area contributed by atoms with Crippen LogP contribution in [0.4, 0.5) is 0 Å². The fourth-order valence-corrected chi connectivity index (χ4v) is 1.41. The molecule has 2 aliphatic heterocycles. The van der Waals surface area contributed by atoms with Gasteiger partial charge in [-0.2, -0.15) is 5.26 Å². The van der Waals surface area contributed by atoms with Crippen molar-refractivity contribution in [2.24, 2.45) is 0 Å². The lowest BCUT2D eigenvalue weighted by Gasteiger charge is -2.08. The van der Waals surface area contributed by atoms with Crippen LogP contribution in [-0.2, 0) is 4.79 Å².